The van der Waals surface area contributed by atoms with Crippen LogP contribution in [-0.4, -0.2) is 47.0 Å². The molecule has 5 rings (SSSR count). The molecule has 1 unspecified atom stereocenters. The maximum Gasteiger partial charge on any atom is 0.252 e. The van der Waals surface area contributed by atoms with E-state index >= 15 is 0 Å². The van der Waals surface area contributed by atoms with Gasteiger partial charge in [-0.1, -0.05) is 16.7 Å². The van der Waals surface area contributed by atoms with Gasteiger partial charge < -0.3 is 14.4 Å². The van der Waals surface area contributed by atoms with Crippen molar-refractivity contribution in [3.63, 3.8) is 0 Å². The molecule has 32 heavy (non-hydrogen) atoms. The molecular formula is C20H23N5O5S2. The standard InChI is InChI=1S/C20H23N5O5S2/c1-12-8-16(23-29-12)21-19(26)14-6-3-7-25(10-14)32(27,28)17-9-15(11-31-17)18-22-20(30-24-18)13-4-2-5-13/h8-9,11,13-14H,2-7,10H2,1H3,(H,21,23,26). The van der Waals surface area contributed by atoms with E-state index in [1.54, 1.807) is 24.4 Å². The molecule has 2 fully saturated rings. The van der Waals surface area contributed by atoms with E-state index in [9.17, 15) is 13.2 Å². The van der Waals surface area contributed by atoms with Gasteiger partial charge in [0.15, 0.2) is 5.82 Å². The van der Waals surface area contributed by atoms with E-state index in [4.69, 9.17) is 9.05 Å². The van der Waals surface area contributed by atoms with E-state index in [2.05, 4.69) is 20.6 Å². The van der Waals surface area contributed by atoms with Crippen LogP contribution in [0.2, 0.25) is 0 Å². The highest BCUT2D eigenvalue weighted by Crippen LogP contribution is 2.37. The van der Waals surface area contributed by atoms with Gasteiger partial charge in [0.25, 0.3) is 10.0 Å². The summed E-state index contributed by atoms with van der Waals surface area (Å²) in [6.45, 7) is 2.22. The van der Waals surface area contributed by atoms with Crippen molar-refractivity contribution in [1.82, 2.24) is 19.6 Å². The number of carbonyl (C=O) groups is 1. The Balaban J connectivity index is 1.28. The quantitative estimate of drug-likeness (QED) is 0.571. The Kier molecular flexibility index (Phi) is 5.59. The van der Waals surface area contributed by atoms with Crippen LogP contribution in [0, 0.1) is 12.8 Å². The number of rotatable bonds is 6. The predicted octanol–water partition coefficient (Wildman–Crippen LogP) is 3.40. The number of anilines is 1. The Morgan fingerprint density at radius 2 is 2.03 bits per heavy atom. The van der Waals surface area contributed by atoms with Crippen molar-refractivity contribution in [1.29, 1.82) is 0 Å². The van der Waals surface area contributed by atoms with Gasteiger partial charge >= 0.3 is 0 Å². The van der Waals surface area contributed by atoms with Crippen LogP contribution in [0.5, 0.6) is 0 Å². The summed E-state index contributed by atoms with van der Waals surface area (Å²) in [4.78, 5) is 17.1. The van der Waals surface area contributed by atoms with Crippen LogP contribution < -0.4 is 5.32 Å². The van der Waals surface area contributed by atoms with Crippen LogP contribution >= 0.6 is 11.3 Å². The fraction of sp³-hybridized carbons (Fsp3) is 0.500. The molecule has 170 valence electrons. The van der Waals surface area contributed by atoms with Gasteiger partial charge in [0, 0.05) is 36.0 Å². The van der Waals surface area contributed by atoms with E-state index in [1.165, 1.54) is 4.31 Å². The van der Waals surface area contributed by atoms with E-state index in [0.717, 1.165) is 30.6 Å². The molecule has 1 amide bonds. The summed E-state index contributed by atoms with van der Waals surface area (Å²) in [6, 6.07) is 3.20. The second-order valence-electron chi connectivity index (χ2n) is 8.25. The second kappa shape index (κ2) is 8.41. The lowest BCUT2D eigenvalue weighted by Gasteiger charge is -2.30. The van der Waals surface area contributed by atoms with Crippen molar-refractivity contribution in [2.24, 2.45) is 5.92 Å². The largest absolute Gasteiger partial charge is 0.360 e. The number of hydrogen-bond donors (Lipinski definition) is 1. The van der Waals surface area contributed by atoms with Crippen LogP contribution in [0.25, 0.3) is 11.4 Å². The van der Waals surface area contributed by atoms with Crippen molar-refractivity contribution < 1.29 is 22.3 Å². The minimum absolute atomic E-state index is 0.117. The number of sulfonamides is 1. The molecular weight excluding hydrogens is 454 g/mol. The number of nitrogens with zero attached hydrogens (tertiary/aromatic N) is 4. The molecule has 3 aromatic rings. The molecule has 1 aliphatic heterocycles. The number of piperidine rings is 1. The van der Waals surface area contributed by atoms with Crippen molar-refractivity contribution in [2.45, 2.75) is 49.2 Å². The summed E-state index contributed by atoms with van der Waals surface area (Å²) in [5.41, 5.74) is 0.621. The SMILES string of the molecule is Cc1cc(NC(=O)C2CCCN(S(=O)(=O)c3cc(-c4noc(C5CCC5)n4)cs3)C2)no1. The fourth-order valence-corrected chi connectivity index (χ4v) is 6.73. The molecule has 1 aliphatic carbocycles. The molecule has 1 saturated heterocycles. The summed E-state index contributed by atoms with van der Waals surface area (Å²) in [5.74, 6) is 1.53. The first kappa shape index (κ1) is 21.3. The third-order valence-electron chi connectivity index (χ3n) is 5.96. The van der Waals surface area contributed by atoms with E-state index in [0.29, 0.717) is 54.2 Å². The number of hydrogen-bond acceptors (Lipinski definition) is 9. The minimum Gasteiger partial charge on any atom is -0.360 e. The van der Waals surface area contributed by atoms with Crippen LogP contribution in [0.15, 0.2) is 30.8 Å². The average Bonchev–Trinajstić information content (AvgIpc) is 3.48. The number of carbonyl (C=O) groups excluding carboxylic acids is 1. The van der Waals surface area contributed by atoms with Gasteiger partial charge in [0.05, 0.1) is 5.92 Å². The normalized spacial score (nSPS) is 20.2. The summed E-state index contributed by atoms with van der Waals surface area (Å²) >= 11 is 1.12. The van der Waals surface area contributed by atoms with Gasteiger partial charge in [-0.25, -0.2) is 8.42 Å². The summed E-state index contributed by atoms with van der Waals surface area (Å²) < 4.78 is 38.4. The minimum atomic E-state index is -3.74. The van der Waals surface area contributed by atoms with Crippen molar-refractivity contribution in [3.05, 3.63) is 29.2 Å². The summed E-state index contributed by atoms with van der Waals surface area (Å²) in [6.07, 6.45) is 4.46. The zero-order chi connectivity index (χ0) is 22.3. The zero-order valence-corrected chi connectivity index (χ0v) is 19.1. The molecule has 4 heterocycles. The van der Waals surface area contributed by atoms with Gasteiger partial charge in [-0.3, -0.25) is 4.79 Å². The lowest BCUT2D eigenvalue weighted by Crippen LogP contribution is -2.43. The highest BCUT2D eigenvalue weighted by molar-refractivity contribution is 7.91. The maximum absolute atomic E-state index is 13.2. The Labute approximate surface area is 189 Å². The Morgan fingerprint density at radius 3 is 2.75 bits per heavy atom. The average molecular weight is 478 g/mol. The van der Waals surface area contributed by atoms with Crippen LogP contribution in [0.3, 0.4) is 0 Å². The first-order chi connectivity index (χ1) is 15.4. The molecule has 2 aliphatic rings. The van der Waals surface area contributed by atoms with Crippen molar-refractivity contribution >= 4 is 33.1 Å². The highest BCUT2D eigenvalue weighted by atomic mass is 32.2. The lowest BCUT2D eigenvalue weighted by atomic mass is 9.85. The number of aryl methyl sites for hydroxylation is 1. The zero-order valence-electron chi connectivity index (χ0n) is 17.5. The Hall–Kier alpha value is -2.57. The monoisotopic (exact) mass is 477 g/mol. The lowest BCUT2D eigenvalue weighted by molar-refractivity contribution is -0.120. The molecule has 10 nitrogen and oxygen atoms in total. The van der Waals surface area contributed by atoms with Gasteiger partial charge in [-0.15, -0.1) is 11.3 Å². The maximum atomic E-state index is 13.2. The third-order valence-corrected chi connectivity index (χ3v) is 9.24. The molecule has 0 aromatic carbocycles. The van der Waals surface area contributed by atoms with Gasteiger partial charge in [0.2, 0.25) is 17.6 Å². The number of nitrogens with one attached hydrogen (secondary N) is 1. The van der Waals surface area contributed by atoms with Gasteiger partial charge in [0.1, 0.15) is 9.97 Å². The summed E-state index contributed by atoms with van der Waals surface area (Å²) in [7, 11) is -3.74. The van der Waals surface area contributed by atoms with E-state index in [-0.39, 0.29) is 16.7 Å². The van der Waals surface area contributed by atoms with Crippen molar-refractivity contribution in [3.8, 4) is 11.4 Å². The summed E-state index contributed by atoms with van der Waals surface area (Å²) in [5, 5.41) is 12.2. The van der Waals surface area contributed by atoms with Gasteiger partial charge in [-0.05, 0) is 38.7 Å². The Morgan fingerprint density at radius 1 is 1.19 bits per heavy atom. The van der Waals surface area contributed by atoms with Crippen LogP contribution in [0.1, 0.15) is 49.7 Å². The molecule has 0 spiro atoms. The Bertz CT molecular complexity index is 1230. The van der Waals surface area contributed by atoms with Gasteiger partial charge in [-0.2, -0.15) is 9.29 Å². The predicted molar refractivity (Wildman–Crippen MR) is 116 cm³/mol. The van der Waals surface area contributed by atoms with Crippen molar-refractivity contribution in [2.75, 3.05) is 18.4 Å². The van der Waals surface area contributed by atoms with E-state index in [1.807, 2.05) is 0 Å². The molecule has 1 N–H and O–H groups in total. The second-order valence-corrected chi connectivity index (χ2v) is 11.3. The van der Waals surface area contributed by atoms with E-state index < -0.39 is 15.9 Å². The smallest absolute Gasteiger partial charge is 0.252 e. The number of thiophene rings is 1. The first-order valence-electron chi connectivity index (χ1n) is 10.6. The molecule has 0 radical (unpaired) electrons. The molecule has 1 atom stereocenters. The van der Waals surface area contributed by atoms with Crippen LogP contribution in [0.4, 0.5) is 5.82 Å². The van der Waals surface area contributed by atoms with Crippen LogP contribution in [-0.2, 0) is 14.8 Å². The third kappa shape index (κ3) is 4.09. The molecule has 3 aromatic heterocycles. The molecule has 1 saturated carbocycles. The number of amides is 1. The highest BCUT2D eigenvalue weighted by Gasteiger charge is 2.35. The molecule has 0 bridgehead atoms. The topological polar surface area (TPSA) is 131 Å². The fourth-order valence-electron chi connectivity index (χ4n) is 3.90. The number of aromatic nitrogens is 3. The molecule has 12 heteroatoms. The first-order valence-corrected chi connectivity index (χ1v) is 12.9.